The molecule has 1 N–H and O–H groups in total. The van der Waals surface area contributed by atoms with Crippen molar-refractivity contribution in [1.82, 2.24) is 0 Å². The first-order chi connectivity index (χ1) is 7.31. The largest absolute Gasteiger partial charge is 0.392 e. The van der Waals surface area contributed by atoms with E-state index in [2.05, 4.69) is 6.92 Å². The van der Waals surface area contributed by atoms with Crippen LogP contribution in [0.3, 0.4) is 0 Å². The zero-order chi connectivity index (χ0) is 10.7. The fraction of sp³-hybridized carbons (Fsp3) is 0.846. The predicted octanol–water partition coefficient (Wildman–Crippen LogP) is 2.52. The van der Waals surface area contributed by atoms with E-state index < -0.39 is 0 Å². The van der Waals surface area contributed by atoms with Crippen LogP contribution in [0.1, 0.15) is 39.0 Å². The van der Waals surface area contributed by atoms with Crippen molar-refractivity contribution in [3.63, 3.8) is 0 Å². The maximum absolute atomic E-state index is 8.73. The highest BCUT2D eigenvalue weighted by molar-refractivity contribution is 4.97. The standard InChI is InChI=1S/C13H22O2/c1-10-9-12(7-4-8-14)15-13(10)11-5-2-3-6-11/h4,7,10-14H,2-3,5-6,8-9H2,1H3/b7-4+/t10?,12-,13?/m0/s1. The molecule has 1 saturated heterocycles. The van der Waals surface area contributed by atoms with E-state index in [1.165, 1.54) is 25.7 Å². The second-order valence-corrected chi connectivity index (χ2v) is 5.01. The fourth-order valence-corrected chi connectivity index (χ4v) is 3.09. The molecule has 86 valence electrons. The normalized spacial score (nSPS) is 38.1. The molecule has 1 saturated carbocycles. The minimum atomic E-state index is 0.127. The minimum absolute atomic E-state index is 0.127. The van der Waals surface area contributed by atoms with E-state index in [-0.39, 0.29) is 12.7 Å². The first-order valence-corrected chi connectivity index (χ1v) is 6.24. The van der Waals surface area contributed by atoms with Crippen LogP contribution in [-0.4, -0.2) is 23.9 Å². The Morgan fingerprint density at radius 1 is 1.33 bits per heavy atom. The van der Waals surface area contributed by atoms with E-state index in [1.807, 2.05) is 6.08 Å². The Labute approximate surface area is 92.3 Å². The van der Waals surface area contributed by atoms with Gasteiger partial charge in [0.2, 0.25) is 0 Å². The molecule has 2 nitrogen and oxygen atoms in total. The number of aliphatic hydroxyl groups excluding tert-OH is 1. The molecule has 2 heteroatoms. The molecule has 0 aromatic carbocycles. The van der Waals surface area contributed by atoms with Crippen molar-refractivity contribution < 1.29 is 9.84 Å². The molecular formula is C13H22O2. The Morgan fingerprint density at radius 3 is 2.73 bits per heavy atom. The lowest BCUT2D eigenvalue weighted by molar-refractivity contribution is 0.0197. The molecule has 1 aliphatic heterocycles. The maximum Gasteiger partial charge on any atom is 0.0764 e. The summed E-state index contributed by atoms with van der Waals surface area (Å²) in [4.78, 5) is 0. The Morgan fingerprint density at radius 2 is 2.07 bits per heavy atom. The molecule has 0 amide bonds. The van der Waals surface area contributed by atoms with Gasteiger partial charge in [0.05, 0.1) is 18.8 Å². The van der Waals surface area contributed by atoms with Crippen molar-refractivity contribution in [3.8, 4) is 0 Å². The van der Waals surface area contributed by atoms with Gasteiger partial charge in [-0.15, -0.1) is 0 Å². The summed E-state index contributed by atoms with van der Waals surface area (Å²) in [6, 6.07) is 0. The van der Waals surface area contributed by atoms with Crippen LogP contribution < -0.4 is 0 Å². The van der Waals surface area contributed by atoms with Crippen LogP contribution in [0.5, 0.6) is 0 Å². The number of ether oxygens (including phenoxy) is 1. The molecule has 3 atom stereocenters. The Balaban J connectivity index is 1.88. The number of hydrogen-bond acceptors (Lipinski definition) is 2. The van der Waals surface area contributed by atoms with Crippen molar-refractivity contribution >= 4 is 0 Å². The van der Waals surface area contributed by atoms with Gasteiger partial charge in [0, 0.05) is 0 Å². The summed E-state index contributed by atoms with van der Waals surface area (Å²) in [5.41, 5.74) is 0. The summed E-state index contributed by atoms with van der Waals surface area (Å²) in [6.07, 6.45) is 11.1. The first kappa shape index (κ1) is 11.2. The minimum Gasteiger partial charge on any atom is -0.392 e. The molecule has 0 bridgehead atoms. The van der Waals surface area contributed by atoms with E-state index in [9.17, 15) is 0 Å². The van der Waals surface area contributed by atoms with Gasteiger partial charge in [-0.3, -0.25) is 0 Å². The summed E-state index contributed by atoms with van der Waals surface area (Å²) in [6.45, 7) is 2.43. The van der Waals surface area contributed by atoms with Crippen molar-refractivity contribution in [2.75, 3.05) is 6.61 Å². The van der Waals surface area contributed by atoms with Crippen LogP contribution in [0, 0.1) is 11.8 Å². The number of rotatable bonds is 3. The smallest absolute Gasteiger partial charge is 0.0764 e. The van der Waals surface area contributed by atoms with E-state index >= 15 is 0 Å². The molecular weight excluding hydrogens is 188 g/mol. The quantitative estimate of drug-likeness (QED) is 0.725. The second kappa shape index (κ2) is 5.13. The van der Waals surface area contributed by atoms with Gasteiger partial charge in [-0.2, -0.15) is 0 Å². The zero-order valence-corrected chi connectivity index (χ0v) is 9.56. The molecule has 1 heterocycles. The Kier molecular flexibility index (Phi) is 3.81. The topological polar surface area (TPSA) is 29.5 Å². The molecule has 1 aliphatic carbocycles. The molecule has 0 aromatic heterocycles. The van der Waals surface area contributed by atoms with Crippen molar-refractivity contribution in [1.29, 1.82) is 0 Å². The molecule has 0 spiro atoms. The zero-order valence-electron chi connectivity index (χ0n) is 9.56. The van der Waals surface area contributed by atoms with Crippen LogP contribution >= 0.6 is 0 Å². The molecule has 2 rings (SSSR count). The molecule has 0 radical (unpaired) electrons. The number of aliphatic hydroxyl groups is 1. The van der Waals surface area contributed by atoms with Gasteiger partial charge in [-0.05, 0) is 31.1 Å². The first-order valence-electron chi connectivity index (χ1n) is 6.24. The average molecular weight is 210 g/mol. The Bertz CT molecular complexity index is 219. The lowest BCUT2D eigenvalue weighted by Gasteiger charge is -2.21. The van der Waals surface area contributed by atoms with Gasteiger partial charge in [0.25, 0.3) is 0 Å². The SMILES string of the molecule is CC1C[C@H](/C=C/CO)OC1C1CCCC1. The van der Waals surface area contributed by atoms with Crippen LogP contribution in [-0.2, 0) is 4.74 Å². The van der Waals surface area contributed by atoms with Crippen molar-refractivity contribution in [2.45, 2.75) is 51.2 Å². The van der Waals surface area contributed by atoms with Gasteiger partial charge < -0.3 is 9.84 Å². The van der Waals surface area contributed by atoms with Gasteiger partial charge in [-0.1, -0.05) is 31.9 Å². The van der Waals surface area contributed by atoms with Crippen LogP contribution in [0.4, 0.5) is 0 Å². The van der Waals surface area contributed by atoms with Crippen LogP contribution in [0.2, 0.25) is 0 Å². The van der Waals surface area contributed by atoms with E-state index in [4.69, 9.17) is 9.84 Å². The molecule has 0 aromatic rings. The molecule has 15 heavy (non-hydrogen) atoms. The van der Waals surface area contributed by atoms with Crippen LogP contribution in [0.15, 0.2) is 12.2 Å². The molecule has 2 fully saturated rings. The van der Waals surface area contributed by atoms with E-state index in [0.717, 1.165) is 12.3 Å². The lowest BCUT2D eigenvalue weighted by atomic mass is 9.90. The van der Waals surface area contributed by atoms with Crippen molar-refractivity contribution in [2.24, 2.45) is 11.8 Å². The fourth-order valence-electron chi connectivity index (χ4n) is 3.09. The van der Waals surface area contributed by atoms with E-state index in [0.29, 0.717) is 12.0 Å². The Hall–Kier alpha value is -0.340. The third kappa shape index (κ3) is 2.61. The van der Waals surface area contributed by atoms with Gasteiger partial charge in [0.1, 0.15) is 0 Å². The summed E-state index contributed by atoms with van der Waals surface area (Å²) < 4.78 is 6.06. The third-order valence-electron chi connectivity index (χ3n) is 3.82. The van der Waals surface area contributed by atoms with Gasteiger partial charge in [0.15, 0.2) is 0 Å². The van der Waals surface area contributed by atoms with Gasteiger partial charge in [-0.25, -0.2) is 0 Å². The third-order valence-corrected chi connectivity index (χ3v) is 3.82. The lowest BCUT2D eigenvalue weighted by Crippen LogP contribution is -2.23. The van der Waals surface area contributed by atoms with Crippen molar-refractivity contribution in [3.05, 3.63) is 12.2 Å². The highest BCUT2D eigenvalue weighted by atomic mass is 16.5. The monoisotopic (exact) mass is 210 g/mol. The highest BCUT2D eigenvalue weighted by Gasteiger charge is 2.37. The summed E-state index contributed by atoms with van der Waals surface area (Å²) in [5, 5.41) is 8.73. The number of hydrogen-bond donors (Lipinski definition) is 1. The summed E-state index contributed by atoms with van der Waals surface area (Å²) in [7, 11) is 0. The molecule has 2 aliphatic rings. The maximum atomic E-state index is 8.73. The average Bonchev–Trinajstić information content (AvgIpc) is 2.83. The summed E-state index contributed by atoms with van der Waals surface area (Å²) in [5.74, 6) is 1.48. The molecule has 2 unspecified atom stereocenters. The van der Waals surface area contributed by atoms with Gasteiger partial charge >= 0.3 is 0 Å². The van der Waals surface area contributed by atoms with Crippen LogP contribution in [0.25, 0.3) is 0 Å². The second-order valence-electron chi connectivity index (χ2n) is 5.01. The highest BCUT2D eigenvalue weighted by Crippen LogP contribution is 2.39. The predicted molar refractivity (Wildman–Crippen MR) is 60.6 cm³/mol. The van der Waals surface area contributed by atoms with E-state index in [1.54, 1.807) is 6.08 Å². The summed E-state index contributed by atoms with van der Waals surface area (Å²) >= 11 is 0.